The van der Waals surface area contributed by atoms with E-state index in [1.54, 1.807) is 60.7 Å². The third-order valence-electron chi connectivity index (χ3n) is 4.65. The number of aromatic hydroxyl groups is 2. The SMILES string of the molecule is NC(=O)c1ccc(-c2cccc(O)c2)cc1.NC(=O)c1ccc(B(O)O)cc1.Oc1cccc(Br)c1. The van der Waals surface area contributed by atoms with E-state index in [0.29, 0.717) is 22.3 Å². The average Bonchev–Trinajstić information content (AvgIpc) is 2.85. The van der Waals surface area contributed by atoms with Crippen LogP contribution in [-0.2, 0) is 0 Å². The lowest BCUT2D eigenvalue weighted by atomic mass is 9.80. The molecule has 0 bridgehead atoms. The lowest BCUT2D eigenvalue weighted by Crippen LogP contribution is -2.29. The van der Waals surface area contributed by atoms with Crippen molar-refractivity contribution in [3.05, 3.63) is 113 Å². The van der Waals surface area contributed by atoms with Gasteiger partial charge in [-0.2, -0.15) is 0 Å². The number of carbonyl (C=O) groups is 2. The lowest BCUT2D eigenvalue weighted by Gasteiger charge is -2.03. The van der Waals surface area contributed by atoms with Crippen LogP contribution >= 0.6 is 15.9 Å². The second-order valence-electron chi connectivity index (χ2n) is 7.33. The summed E-state index contributed by atoms with van der Waals surface area (Å²) in [5.41, 5.74) is 13.1. The van der Waals surface area contributed by atoms with Crippen molar-refractivity contribution in [3.8, 4) is 22.6 Å². The normalized spacial score (nSPS) is 9.64. The molecule has 0 saturated carbocycles. The highest BCUT2D eigenvalue weighted by Gasteiger charge is 2.10. The van der Waals surface area contributed by atoms with E-state index < -0.39 is 18.9 Å². The van der Waals surface area contributed by atoms with Gasteiger partial charge in [-0.3, -0.25) is 9.59 Å². The molecule has 10 heteroatoms. The number of hydrogen-bond acceptors (Lipinski definition) is 6. The van der Waals surface area contributed by atoms with E-state index in [2.05, 4.69) is 15.9 Å². The molecule has 0 heterocycles. The van der Waals surface area contributed by atoms with Crippen LogP contribution in [0.4, 0.5) is 0 Å². The summed E-state index contributed by atoms with van der Waals surface area (Å²) in [5, 5.41) is 35.5. The van der Waals surface area contributed by atoms with Gasteiger partial charge in [-0.25, -0.2) is 0 Å². The topological polar surface area (TPSA) is 167 Å². The van der Waals surface area contributed by atoms with Gasteiger partial charge in [0.05, 0.1) is 0 Å². The molecule has 0 aromatic heterocycles. The van der Waals surface area contributed by atoms with Crippen molar-refractivity contribution in [1.29, 1.82) is 0 Å². The second kappa shape index (κ2) is 13.7. The highest BCUT2D eigenvalue weighted by atomic mass is 79.9. The number of carbonyl (C=O) groups excluding carboxylic acids is 2. The first kappa shape index (κ1) is 28.1. The zero-order valence-corrected chi connectivity index (χ0v) is 20.5. The fourth-order valence-corrected chi connectivity index (χ4v) is 3.20. The first-order chi connectivity index (χ1) is 17.1. The third kappa shape index (κ3) is 9.26. The lowest BCUT2D eigenvalue weighted by molar-refractivity contribution is 0.0992. The Morgan fingerprint density at radius 3 is 1.50 bits per heavy atom. The van der Waals surface area contributed by atoms with Crippen molar-refractivity contribution in [1.82, 2.24) is 0 Å². The largest absolute Gasteiger partial charge is 0.508 e. The van der Waals surface area contributed by atoms with E-state index in [1.807, 2.05) is 12.1 Å². The van der Waals surface area contributed by atoms with Crippen LogP contribution in [0.2, 0.25) is 0 Å². The predicted molar refractivity (Wildman–Crippen MR) is 143 cm³/mol. The summed E-state index contributed by atoms with van der Waals surface area (Å²) < 4.78 is 0.900. The molecule has 0 saturated heterocycles. The van der Waals surface area contributed by atoms with Gasteiger partial charge < -0.3 is 31.7 Å². The molecule has 0 fully saturated rings. The van der Waals surface area contributed by atoms with Gasteiger partial charge in [0.1, 0.15) is 11.5 Å². The second-order valence-corrected chi connectivity index (χ2v) is 8.25. The van der Waals surface area contributed by atoms with Gasteiger partial charge >= 0.3 is 7.12 Å². The Kier molecular flexibility index (Phi) is 10.7. The predicted octanol–water partition coefficient (Wildman–Crippen LogP) is 2.78. The van der Waals surface area contributed by atoms with Crippen molar-refractivity contribution < 1.29 is 29.9 Å². The molecule has 184 valence electrons. The minimum atomic E-state index is -1.51. The highest BCUT2D eigenvalue weighted by molar-refractivity contribution is 9.10. The zero-order chi connectivity index (χ0) is 26.7. The van der Waals surface area contributed by atoms with E-state index in [0.717, 1.165) is 15.6 Å². The molecule has 8 nitrogen and oxygen atoms in total. The van der Waals surface area contributed by atoms with Gasteiger partial charge in [-0.15, -0.1) is 0 Å². The molecule has 0 radical (unpaired) electrons. The van der Waals surface area contributed by atoms with Crippen molar-refractivity contribution in [2.24, 2.45) is 11.5 Å². The van der Waals surface area contributed by atoms with Gasteiger partial charge in [0.25, 0.3) is 0 Å². The molecule has 0 aliphatic rings. The van der Waals surface area contributed by atoms with Gasteiger partial charge in [-0.1, -0.05) is 58.4 Å². The van der Waals surface area contributed by atoms with E-state index in [9.17, 15) is 14.7 Å². The monoisotopic (exact) mass is 550 g/mol. The van der Waals surface area contributed by atoms with Crippen molar-refractivity contribution in [3.63, 3.8) is 0 Å². The minimum absolute atomic E-state index is 0.219. The fraction of sp³-hybridized carbons (Fsp3) is 0. The van der Waals surface area contributed by atoms with Crippen LogP contribution in [0.25, 0.3) is 11.1 Å². The average molecular weight is 551 g/mol. The van der Waals surface area contributed by atoms with Crippen LogP contribution in [0.3, 0.4) is 0 Å². The maximum atomic E-state index is 10.9. The number of phenols is 2. The molecule has 4 aromatic rings. The number of amides is 2. The molecule has 0 unspecified atom stereocenters. The molecule has 4 aromatic carbocycles. The maximum absolute atomic E-state index is 10.9. The Morgan fingerprint density at radius 1 is 0.639 bits per heavy atom. The number of phenolic OH excluding ortho intramolecular Hbond substituents is 2. The standard InChI is InChI=1S/C13H11NO2.C7H8BNO3.C6H5BrO/c14-13(16)10-6-4-9(5-7-10)11-2-1-3-12(15)8-11;9-7(10)5-1-3-6(4-2-5)8(11)12;7-5-2-1-3-6(8)4-5/h1-8,15H,(H2,14,16);1-4,11-12H,(H2,9,10);1-4,8H. The smallest absolute Gasteiger partial charge is 0.488 e. The number of rotatable bonds is 4. The first-order valence-electron chi connectivity index (χ1n) is 10.5. The van der Waals surface area contributed by atoms with Crippen molar-refractivity contribution in [2.45, 2.75) is 0 Å². The van der Waals surface area contributed by atoms with Crippen LogP contribution in [0, 0.1) is 0 Å². The summed E-state index contributed by atoms with van der Waals surface area (Å²) in [6.07, 6.45) is 0. The van der Waals surface area contributed by atoms with Crippen LogP contribution in [0.5, 0.6) is 11.5 Å². The number of primary amides is 2. The van der Waals surface area contributed by atoms with Gasteiger partial charge in [0.15, 0.2) is 0 Å². The fourth-order valence-electron chi connectivity index (χ4n) is 2.81. The van der Waals surface area contributed by atoms with Crippen LogP contribution in [-0.4, -0.2) is 39.2 Å². The molecular formula is C26H24BBrN2O6. The van der Waals surface area contributed by atoms with Gasteiger partial charge in [0, 0.05) is 15.6 Å². The van der Waals surface area contributed by atoms with E-state index in [1.165, 1.54) is 24.3 Å². The van der Waals surface area contributed by atoms with E-state index in [4.69, 9.17) is 26.6 Å². The summed E-state index contributed by atoms with van der Waals surface area (Å²) in [7, 11) is -1.51. The third-order valence-corrected chi connectivity index (χ3v) is 5.14. The summed E-state index contributed by atoms with van der Waals surface area (Å²) >= 11 is 3.20. The molecule has 8 N–H and O–H groups in total. The summed E-state index contributed by atoms with van der Waals surface area (Å²) in [4.78, 5) is 21.5. The summed E-state index contributed by atoms with van der Waals surface area (Å²) in [6, 6.07) is 26.5. The quantitative estimate of drug-likeness (QED) is 0.213. The summed E-state index contributed by atoms with van der Waals surface area (Å²) in [6.45, 7) is 0. The Bertz CT molecular complexity index is 1280. The van der Waals surface area contributed by atoms with Crippen LogP contribution < -0.4 is 16.9 Å². The Labute approximate surface area is 216 Å². The minimum Gasteiger partial charge on any atom is -0.508 e. The first-order valence-corrected chi connectivity index (χ1v) is 11.3. The molecular weight excluding hydrogens is 527 g/mol. The molecule has 0 aliphatic carbocycles. The molecule has 0 aliphatic heterocycles. The van der Waals surface area contributed by atoms with Crippen LogP contribution in [0.15, 0.2) is 102 Å². The van der Waals surface area contributed by atoms with Gasteiger partial charge in [0.2, 0.25) is 11.8 Å². The molecule has 36 heavy (non-hydrogen) atoms. The van der Waals surface area contributed by atoms with E-state index >= 15 is 0 Å². The van der Waals surface area contributed by atoms with Crippen molar-refractivity contribution >= 4 is 40.3 Å². The molecule has 0 atom stereocenters. The number of benzene rings is 4. The van der Waals surface area contributed by atoms with E-state index in [-0.39, 0.29) is 5.75 Å². The maximum Gasteiger partial charge on any atom is 0.488 e. The Balaban J connectivity index is 0.000000202. The number of hydrogen-bond donors (Lipinski definition) is 6. The Hall–Kier alpha value is -4.12. The highest BCUT2D eigenvalue weighted by Crippen LogP contribution is 2.23. The summed E-state index contributed by atoms with van der Waals surface area (Å²) in [5.74, 6) is -0.465. The number of nitrogens with two attached hydrogens (primary N) is 2. The van der Waals surface area contributed by atoms with Crippen molar-refractivity contribution in [2.75, 3.05) is 0 Å². The Morgan fingerprint density at radius 2 is 1.11 bits per heavy atom. The van der Waals surface area contributed by atoms with Gasteiger partial charge in [-0.05, 0) is 71.2 Å². The van der Waals surface area contributed by atoms with Crippen LogP contribution in [0.1, 0.15) is 20.7 Å². The molecule has 0 spiro atoms. The molecule has 4 rings (SSSR count). The zero-order valence-electron chi connectivity index (χ0n) is 19.0. The molecule has 2 amide bonds. The number of halogens is 1.